The van der Waals surface area contributed by atoms with Crippen LogP contribution in [-0.2, 0) is 13.0 Å². The summed E-state index contributed by atoms with van der Waals surface area (Å²) >= 11 is 0. The van der Waals surface area contributed by atoms with E-state index in [-0.39, 0.29) is 6.61 Å². The molecule has 1 aromatic heterocycles. The molecule has 0 saturated heterocycles. The van der Waals surface area contributed by atoms with Crippen LogP contribution in [0.5, 0.6) is 11.5 Å². The third kappa shape index (κ3) is 3.09. The summed E-state index contributed by atoms with van der Waals surface area (Å²) in [6, 6.07) is 4.99. The number of rotatable bonds is 6. The Bertz CT molecular complexity index is 566. The normalized spacial score (nSPS) is 10.2. The van der Waals surface area contributed by atoms with E-state index in [9.17, 15) is 4.79 Å². The smallest absolute Gasteiger partial charge is 0.264 e. The molecule has 0 fully saturated rings. The fourth-order valence-corrected chi connectivity index (χ4v) is 1.51. The van der Waals surface area contributed by atoms with Crippen LogP contribution in [-0.4, -0.2) is 23.5 Å². The highest BCUT2D eigenvalue weighted by molar-refractivity contribution is 5.80. The van der Waals surface area contributed by atoms with Crippen molar-refractivity contribution in [3.05, 3.63) is 35.5 Å². The van der Waals surface area contributed by atoms with Gasteiger partial charge in [-0.3, -0.25) is 4.79 Å². The van der Waals surface area contributed by atoms with Gasteiger partial charge in [0, 0.05) is 6.42 Å². The molecular weight excluding hydrogens is 248 g/mol. The molecule has 0 radical (unpaired) electrons. The van der Waals surface area contributed by atoms with Crippen molar-refractivity contribution in [2.24, 2.45) is 0 Å². The predicted molar refractivity (Wildman–Crippen MR) is 66.4 cm³/mol. The van der Waals surface area contributed by atoms with Crippen LogP contribution in [0.25, 0.3) is 0 Å². The quantitative estimate of drug-likeness (QED) is 0.741. The SMILES string of the molecule is CCc1noc(COc2ccc(OC)cc2C=O)n1. The number of carbonyl (C=O) groups is 1. The first-order chi connectivity index (χ1) is 9.26. The van der Waals surface area contributed by atoms with E-state index in [4.69, 9.17) is 14.0 Å². The van der Waals surface area contributed by atoms with Gasteiger partial charge in [0.15, 0.2) is 18.7 Å². The van der Waals surface area contributed by atoms with Crippen LogP contribution in [0.3, 0.4) is 0 Å². The Morgan fingerprint density at radius 2 is 2.26 bits per heavy atom. The summed E-state index contributed by atoms with van der Waals surface area (Å²) < 4.78 is 15.5. The van der Waals surface area contributed by atoms with Crippen LogP contribution >= 0.6 is 0 Å². The van der Waals surface area contributed by atoms with Crippen molar-refractivity contribution in [2.45, 2.75) is 20.0 Å². The summed E-state index contributed by atoms with van der Waals surface area (Å²) in [6.07, 6.45) is 1.41. The second-order valence-electron chi connectivity index (χ2n) is 3.77. The molecular formula is C13H14N2O4. The summed E-state index contributed by atoms with van der Waals surface area (Å²) in [4.78, 5) is 15.1. The fraction of sp³-hybridized carbons (Fsp3) is 0.308. The lowest BCUT2D eigenvalue weighted by atomic mass is 10.2. The van der Waals surface area contributed by atoms with Crippen LogP contribution in [0.2, 0.25) is 0 Å². The van der Waals surface area contributed by atoms with E-state index in [0.29, 0.717) is 41.5 Å². The minimum Gasteiger partial charge on any atom is -0.497 e. The van der Waals surface area contributed by atoms with Crippen molar-refractivity contribution in [1.82, 2.24) is 10.1 Å². The fourth-order valence-electron chi connectivity index (χ4n) is 1.51. The van der Waals surface area contributed by atoms with Crippen molar-refractivity contribution < 1.29 is 18.8 Å². The van der Waals surface area contributed by atoms with Gasteiger partial charge in [-0.25, -0.2) is 0 Å². The van der Waals surface area contributed by atoms with Gasteiger partial charge in [0.05, 0.1) is 12.7 Å². The Balaban J connectivity index is 2.08. The molecule has 0 bridgehead atoms. The first-order valence-corrected chi connectivity index (χ1v) is 5.84. The maximum absolute atomic E-state index is 11.0. The number of aldehydes is 1. The second-order valence-corrected chi connectivity index (χ2v) is 3.77. The maximum atomic E-state index is 11.0. The molecule has 2 aromatic rings. The van der Waals surface area contributed by atoms with E-state index in [0.717, 1.165) is 0 Å². The van der Waals surface area contributed by atoms with Gasteiger partial charge in [0.2, 0.25) is 0 Å². The molecule has 0 aliphatic carbocycles. The number of hydrogen-bond donors (Lipinski definition) is 0. The zero-order valence-electron chi connectivity index (χ0n) is 10.8. The van der Waals surface area contributed by atoms with Gasteiger partial charge in [-0.15, -0.1) is 0 Å². The maximum Gasteiger partial charge on any atom is 0.264 e. The van der Waals surface area contributed by atoms with Crippen molar-refractivity contribution in [3.63, 3.8) is 0 Å². The molecule has 19 heavy (non-hydrogen) atoms. The van der Waals surface area contributed by atoms with E-state index in [2.05, 4.69) is 10.1 Å². The molecule has 0 spiro atoms. The highest BCUT2D eigenvalue weighted by Gasteiger charge is 2.09. The Hall–Kier alpha value is -2.37. The standard InChI is InChI=1S/C13H14N2O4/c1-3-12-14-13(19-15-12)8-18-11-5-4-10(17-2)6-9(11)7-16/h4-7H,3,8H2,1-2H3. The van der Waals surface area contributed by atoms with Gasteiger partial charge in [-0.1, -0.05) is 12.1 Å². The van der Waals surface area contributed by atoms with Crippen LogP contribution in [0.4, 0.5) is 0 Å². The summed E-state index contributed by atoms with van der Waals surface area (Å²) in [6.45, 7) is 2.06. The third-order valence-corrected chi connectivity index (χ3v) is 2.52. The van der Waals surface area contributed by atoms with Gasteiger partial charge in [0.25, 0.3) is 5.89 Å². The summed E-state index contributed by atoms with van der Waals surface area (Å²) in [5.74, 6) is 2.06. The van der Waals surface area contributed by atoms with E-state index in [1.165, 1.54) is 7.11 Å². The Morgan fingerprint density at radius 1 is 1.42 bits per heavy atom. The highest BCUT2D eigenvalue weighted by atomic mass is 16.5. The molecule has 6 heteroatoms. The molecule has 100 valence electrons. The number of carbonyl (C=O) groups excluding carboxylic acids is 1. The second kappa shape index (κ2) is 5.99. The van der Waals surface area contributed by atoms with Crippen LogP contribution in [0.15, 0.2) is 22.7 Å². The van der Waals surface area contributed by atoms with Crippen LogP contribution in [0, 0.1) is 0 Å². The zero-order valence-corrected chi connectivity index (χ0v) is 10.8. The van der Waals surface area contributed by atoms with E-state index < -0.39 is 0 Å². The first-order valence-electron chi connectivity index (χ1n) is 5.84. The molecule has 0 saturated carbocycles. The van der Waals surface area contributed by atoms with Gasteiger partial charge < -0.3 is 14.0 Å². The summed E-state index contributed by atoms with van der Waals surface area (Å²) in [5, 5.41) is 3.76. The van der Waals surface area contributed by atoms with Gasteiger partial charge in [-0.05, 0) is 18.2 Å². The first kappa shape index (κ1) is 13.1. The van der Waals surface area contributed by atoms with E-state index in [1.807, 2.05) is 6.92 Å². The number of aromatic nitrogens is 2. The average Bonchev–Trinajstić information content (AvgIpc) is 2.92. The monoisotopic (exact) mass is 262 g/mol. The van der Waals surface area contributed by atoms with Gasteiger partial charge in [0.1, 0.15) is 11.5 Å². The number of hydrogen-bond acceptors (Lipinski definition) is 6. The summed E-state index contributed by atoms with van der Waals surface area (Å²) in [7, 11) is 1.54. The third-order valence-electron chi connectivity index (χ3n) is 2.52. The molecule has 0 aliphatic heterocycles. The van der Waals surface area contributed by atoms with Crippen molar-refractivity contribution in [2.75, 3.05) is 7.11 Å². The summed E-state index contributed by atoms with van der Waals surface area (Å²) in [5.41, 5.74) is 0.412. The Labute approximate surface area is 110 Å². The number of aryl methyl sites for hydroxylation is 1. The number of ether oxygens (including phenoxy) is 2. The van der Waals surface area contributed by atoms with Gasteiger partial charge in [-0.2, -0.15) is 4.98 Å². The highest BCUT2D eigenvalue weighted by Crippen LogP contribution is 2.23. The number of methoxy groups -OCH3 is 1. The minimum absolute atomic E-state index is 0.125. The molecule has 1 aromatic carbocycles. The van der Waals surface area contributed by atoms with Gasteiger partial charge >= 0.3 is 0 Å². The minimum atomic E-state index is 0.125. The predicted octanol–water partition coefficient (Wildman–Crippen LogP) is 2.03. The van der Waals surface area contributed by atoms with E-state index >= 15 is 0 Å². The lowest BCUT2D eigenvalue weighted by Gasteiger charge is -2.07. The molecule has 0 N–H and O–H groups in total. The van der Waals surface area contributed by atoms with E-state index in [1.54, 1.807) is 18.2 Å². The number of benzene rings is 1. The molecule has 0 aliphatic rings. The van der Waals surface area contributed by atoms with Crippen LogP contribution < -0.4 is 9.47 Å². The number of nitrogens with zero attached hydrogens (tertiary/aromatic N) is 2. The van der Waals surface area contributed by atoms with Crippen molar-refractivity contribution in [3.8, 4) is 11.5 Å². The molecule has 2 rings (SSSR count). The molecule has 0 atom stereocenters. The molecule has 0 amide bonds. The lowest BCUT2D eigenvalue weighted by Crippen LogP contribution is -1.99. The molecule has 1 heterocycles. The lowest BCUT2D eigenvalue weighted by molar-refractivity contribution is 0.111. The molecule has 6 nitrogen and oxygen atoms in total. The largest absolute Gasteiger partial charge is 0.497 e. The zero-order chi connectivity index (χ0) is 13.7. The van der Waals surface area contributed by atoms with Crippen molar-refractivity contribution in [1.29, 1.82) is 0 Å². The van der Waals surface area contributed by atoms with Crippen LogP contribution in [0.1, 0.15) is 29.0 Å². The Kier molecular flexibility index (Phi) is 4.12. The topological polar surface area (TPSA) is 74.5 Å². The van der Waals surface area contributed by atoms with Crippen molar-refractivity contribution >= 4 is 6.29 Å². The average molecular weight is 262 g/mol. The Morgan fingerprint density at radius 3 is 2.89 bits per heavy atom. The molecule has 0 unspecified atom stereocenters.